The van der Waals surface area contributed by atoms with Gasteiger partial charge >= 0.3 is 0 Å². The third-order valence-electron chi connectivity index (χ3n) is 5.19. The molecule has 0 spiro atoms. The van der Waals surface area contributed by atoms with E-state index < -0.39 is 0 Å². The largest absolute Gasteiger partial charge is 0.354 e. The van der Waals surface area contributed by atoms with Crippen molar-refractivity contribution >= 4 is 23.2 Å². The van der Waals surface area contributed by atoms with Crippen molar-refractivity contribution in [3.63, 3.8) is 0 Å². The third kappa shape index (κ3) is 4.15. The first-order valence-electron chi connectivity index (χ1n) is 9.14. The van der Waals surface area contributed by atoms with Crippen LogP contribution in [-0.4, -0.2) is 40.8 Å². The molecule has 6 heteroatoms. The van der Waals surface area contributed by atoms with Crippen molar-refractivity contribution in [2.75, 3.05) is 13.1 Å². The molecule has 5 nitrogen and oxygen atoms in total. The van der Waals surface area contributed by atoms with Crippen LogP contribution in [0.5, 0.6) is 0 Å². The lowest BCUT2D eigenvalue weighted by Gasteiger charge is -2.22. The molecule has 2 aliphatic rings. The SMILES string of the molecule is CC(=O)N1CCC[C@@H]1C(=O)NCCc1nc(C2CCCCC2)cs1. The van der Waals surface area contributed by atoms with Gasteiger partial charge in [-0.1, -0.05) is 19.3 Å². The highest BCUT2D eigenvalue weighted by atomic mass is 32.1. The minimum atomic E-state index is -0.281. The Labute approximate surface area is 147 Å². The maximum atomic E-state index is 12.3. The molecule has 0 aromatic carbocycles. The molecule has 1 aromatic heterocycles. The molecule has 132 valence electrons. The molecule has 0 radical (unpaired) electrons. The molecule has 2 amide bonds. The molecule has 24 heavy (non-hydrogen) atoms. The summed E-state index contributed by atoms with van der Waals surface area (Å²) in [7, 11) is 0. The molecule has 1 aromatic rings. The van der Waals surface area contributed by atoms with Crippen LogP contribution in [0.2, 0.25) is 0 Å². The molecule has 1 aliphatic carbocycles. The summed E-state index contributed by atoms with van der Waals surface area (Å²) in [5.41, 5.74) is 1.25. The van der Waals surface area contributed by atoms with Gasteiger partial charge in [0.15, 0.2) is 0 Å². The second kappa shape index (κ2) is 8.10. The number of hydrogen-bond acceptors (Lipinski definition) is 4. The Morgan fingerprint density at radius 3 is 2.79 bits per heavy atom. The summed E-state index contributed by atoms with van der Waals surface area (Å²) < 4.78 is 0. The van der Waals surface area contributed by atoms with E-state index in [2.05, 4.69) is 10.7 Å². The zero-order chi connectivity index (χ0) is 16.9. The molecule has 1 aliphatic heterocycles. The summed E-state index contributed by atoms with van der Waals surface area (Å²) in [5, 5.41) is 6.28. The number of aromatic nitrogens is 1. The van der Waals surface area contributed by atoms with Crippen LogP contribution in [0.25, 0.3) is 0 Å². The quantitative estimate of drug-likeness (QED) is 0.889. The van der Waals surface area contributed by atoms with Gasteiger partial charge in [-0.05, 0) is 25.7 Å². The van der Waals surface area contributed by atoms with E-state index in [9.17, 15) is 9.59 Å². The van der Waals surface area contributed by atoms with Crippen molar-refractivity contribution in [1.29, 1.82) is 0 Å². The topological polar surface area (TPSA) is 62.3 Å². The van der Waals surface area contributed by atoms with Gasteiger partial charge in [0.1, 0.15) is 6.04 Å². The van der Waals surface area contributed by atoms with Gasteiger partial charge in [-0.15, -0.1) is 11.3 Å². The van der Waals surface area contributed by atoms with Crippen molar-refractivity contribution in [3.05, 3.63) is 16.1 Å². The number of carbonyl (C=O) groups excluding carboxylic acids is 2. The van der Waals surface area contributed by atoms with Crippen molar-refractivity contribution in [2.24, 2.45) is 0 Å². The lowest BCUT2D eigenvalue weighted by molar-refractivity contribution is -0.136. The highest BCUT2D eigenvalue weighted by Gasteiger charge is 2.32. The van der Waals surface area contributed by atoms with Gasteiger partial charge in [-0.25, -0.2) is 4.98 Å². The summed E-state index contributed by atoms with van der Waals surface area (Å²) in [4.78, 5) is 30.3. The molecule has 1 N–H and O–H groups in total. The zero-order valence-corrected chi connectivity index (χ0v) is 15.2. The van der Waals surface area contributed by atoms with Crippen LogP contribution < -0.4 is 5.32 Å². The normalized spacial score (nSPS) is 21.9. The van der Waals surface area contributed by atoms with E-state index in [1.54, 1.807) is 16.2 Å². The second-order valence-electron chi connectivity index (χ2n) is 6.91. The van der Waals surface area contributed by atoms with Gasteiger partial charge in [-0.2, -0.15) is 0 Å². The molecule has 1 atom stereocenters. The van der Waals surface area contributed by atoms with E-state index in [-0.39, 0.29) is 17.9 Å². The van der Waals surface area contributed by atoms with Crippen LogP contribution in [0.3, 0.4) is 0 Å². The zero-order valence-electron chi connectivity index (χ0n) is 14.4. The summed E-state index contributed by atoms with van der Waals surface area (Å²) in [6, 6.07) is -0.281. The summed E-state index contributed by atoms with van der Waals surface area (Å²) in [6.07, 6.45) is 8.99. The smallest absolute Gasteiger partial charge is 0.242 e. The molecule has 1 saturated carbocycles. The first-order chi connectivity index (χ1) is 11.6. The number of amides is 2. The van der Waals surface area contributed by atoms with Gasteiger partial charge in [0.2, 0.25) is 11.8 Å². The first kappa shape index (κ1) is 17.4. The average Bonchev–Trinajstić information content (AvgIpc) is 3.25. The van der Waals surface area contributed by atoms with Crippen molar-refractivity contribution in [2.45, 2.75) is 70.3 Å². The van der Waals surface area contributed by atoms with Crippen LogP contribution in [0, 0.1) is 0 Å². The number of hydrogen-bond donors (Lipinski definition) is 1. The molecule has 2 fully saturated rings. The van der Waals surface area contributed by atoms with E-state index >= 15 is 0 Å². The Morgan fingerprint density at radius 1 is 1.25 bits per heavy atom. The van der Waals surface area contributed by atoms with E-state index in [1.165, 1.54) is 44.7 Å². The molecule has 2 heterocycles. The van der Waals surface area contributed by atoms with E-state index in [1.807, 2.05) is 0 Å². The number of likely N-dealkylation sites (tertiary alicyclic amines) is 1. The molecular weight excluding hydrogens is 322 g/mol. The van der Waals surface area contributed by atoms with E-state index in [4.69, 9.17) is 4.98 Å². The second-order valence-corrected chi connectivity index (χ2v) is 7.86. The standard InChI is InChI=1S/C18H27N3O2S/c1-13(22)21-11-5-8-16(21)18(23)19-10-9-17-20-15(12-24-17)14-6-3-2-4-7-14/h12,14,16H,2-11H2,1H3,(H,19,23)/t16-/m1/s1. The maximum Gasteiger partial charge on any atom is 0.242 e. The number of rotatable bonds is 5. The summed E-state index contributed by atoms with van der Waals surface area (Å²) in [6.45, 7) is 2.83. The molecule has 0 bridgehead atoms. The van der Waals surface area contributed by atoms with Crippen LogP contribution in [0.15, 0.2) is 5.38 Å². The number of nitrogens with one attached hydrogen (secondary N) is 1. The van der Waals surface area contributed by atoms with Gasteiger partial charge in [0.25, 0.3) is 0 Å². The molecule has 3 rings (SSSR count). The van der Waals surface area contributed by atoms with Crippen LogP contribution in [0.1, 0.15) is 68.5 Å². The Kier molecular flexibility index (Phi) is 5.87. The van der Waals surface area contributed by atoms with Crippen LogP contribution in [0.4, 0.5) is 0 Å². The van der Waals surface area contributed by atoms with Gasteiger partial charge in [0.05, 0.1) is 10.7 Å². The fourth-order valence-corrected chi connectivity index (χ4v) is 4.73. The van der Waals surface area contributed by atoms with Crippen molar-refractivity contribution in [3.8, 4) is 0 Å². The first-order valence-corrected chi connectivity index (χ1v) is 10.0. The van der Waals surface area contributed by atoms with Crippen molar-refractivity contribution < 1.29 is 9.59 Å². The molecule has 1 saturated heterocycles. The number of nitrogens with zero attached hydrogens (tertiary/aromatic N) is 2. The Balaban J connectivity index is 1.45. The minimum Gasteiger partial charge on any atom is -0.354 e. The highest BCUT2D eigenvalue weighted by molar-refractivity contribution is 7.09. The van der Waals surface area contributed by atoms with E-state index in [0.29, 0.717) is 19.0 Å². The van der Waals surface area contributed by atoms with Crippen LogP contribution >= 0.6 is 11.3 Å². The molecular formula is C18H27N3O2S. The summed E-state index contributed by atoms with van der Waals surface area (Å²) in [5.74, 6) is 0.609. The maximum absolute atomic E-state index is 12.3. The Morgan fingerprint density at radius 2 is 2.04 bits per heavy atom. The van der Waals surface area contributed by atoms with Gasteiger partial charge in [-0.3, -0.25) is 9.59 Å². The monoisotopic (exact) mass is 349 g/mol. The molecule has 0 unspecified atom stereocenters. The summed E-state index contributed by atoms with van der Waals surface area (Å²) >= 11 is 1.71. The lowest BCUT2D eigenvalue weighted by atomic mass is 9.87. The number of carbonyl (C=O) groups is 2. The minimum absolute atomic E-state index is 0.00954. The third-order valence-corrected chi connectivity index (χ3v) is 6.12. The highest BCUT2D eigenvalue weighted by Crippen LogP contribution is 2.33. The predicted molar refractivity (Wildman–Crippen MR) is 95.1 cm³/mol. The number of thiazole rings is 1. The van der Waals surface area contributed by atoms with Gasteiger partial charge in [0, 0.05) is 37.7 Å². The fraction of sp³-hybridized carbons (Fsp3) is 0.722. The Bertz CT molecular complexity index is 581. The lowest BCUT2D eigenvalue weighted by Crippen LogP contribution is -2.45. The van der Waals surface area contributed by atoms with E-state index in [0.717, 1.165) is 24.3 Å². The average molecular weight is 350 g/mol. The fourth-order valence-electron chi connectivity index (χ4n) is 3.85. The van der Waals surface area contributed by atoms with Crippen LogP contribution in [-0.2, 0) is 16.0 Å². The Hall–Kier alpha value is -1.43. The van der Waals surface area contributed by atoms with Gasteiger partial charge < -0.3 is 10.2 Å². The predicted octanol–water partition coefficient (Wildman–Crippen LogP) is 2.86. The van der Waals surface area contributed by atoms with Crippen molar-refractivity contribution in [1.82, 2.24) is 15.2 Å².